The molecule has 0 aliphatic heterocycles. The molecule has 0 fully saturated rings. The maximum absolute atomic E-state index is 12.6. The first kappa shape index (κ1) is 101. The zero-order valence-corrected chi connectivity index (χ0v) is 67.5. The van der Waals surface area contributed by atoms with Crippen LogP contribution in [0.3, 0.4) is 0 Å². The fraction of sp³-hybridized carbons (Fsp3) is 0.837. The standard InChI is InChI=1S/C43H79NO6.C37H68O5.C6H13NO2/c1-7-9-11-13-15-21-27-36-48-42(46)38(3)30-23-17-19-25-32-40(50-41(45)34-29-35-44(5)6)33-26-20-18-24-31-39(4)43(47)49-37-28-22-16-14-12-10-8-2;1-5-7-9-11-13-19-25-31-41-36(39)33(3)27-21-15-17-23-29-35(38)30-24-18-16-22-28-34(4)37(40)42-32-26-20-14-12-10-8-6-2;1-7(2)5-3-4-6(8)9/h21-22,27-28,38-40H,7-20,23-26,29-37H2,1-6H3;19-20,25-26,33-35,38H,5-18,21-24,27-32H2,1-4H3;3-5H2,1-2H3,(H,8,9)/b27-21-,28-22-;25-19-,26-20-;. The van der Waals surface area contributed by atoms with E-state index >= 15 is 0 Å². The molecule has 0 rings (SSSR count). The molecule has 0 saturated heterocycles. The zero-order valence-electron chi connectivity index (χ0n) is 67.5. The number of carbonyl (C=O) groups excluding carboxylic acids is 5. The Morgan fingerprint density at radius 3 is 0.822 bits per heavy atom. The van der Waals surface area contributed by atoms with Crippen molar-refractivity contribution < 1.29 is 62.7 Å². The minimum Gasteiger partial charge on any atom is -0.481 e. The molecule has 15 nitrogen and oxygen atoms in total. The van der Waals surface area contributed by atoms with Gasteiger partial charge in [0.05, 0.1) is 29.8 Å². The SMILES string of the molecule is CCCCCC/C=C\COC(=O)C(C)CCCCCCC(CCCCCCC(C)C(=O)OC/C=C\CCCCCC)OC(=O)CCCN(C)C.CCCCCC/C=C\COC(=O)C(C)CCCCCCC(O)CCCCCCC(C)C(=O)OC/C=C\CCCCCC.CN(C)CCCC(=O)O. The highest BCUT2D eigenvalue weighted by Crippen LogP contribution is 2.22. The third-order valence-corrected chi connectivity index (χ3v) is 18.4. The lowest BCUT2D eigenvalue weighted by Gasteiger charge is -2.19. The molecule has 15 heteroatoms. The van der Waals surface area contributed by atoms with E-state index in [1.54, 1.807) is 0 Å². The van der Waals surface area contributed by atoms with Gasteiger partial charge in [0.2, 0.25) is 0 Å². The predicted molar refractivity (Wildman–Crippen MR) is 422 cm³/mol. The summed E-state index contributed by atoms with van der Waals surface area (Å²) in [6.45, 7) is 20.0. The van der Waals surface area contributed by atoms with E-state index in [2.05, 4.69) is 56.9 Å². The molecular formula is C86H160N2O13. The van der Waals surface area contributed by atoms with Crippen LogP contribution < -0.4 is 0 Å². The molecule has 2 N–H and O–H groups in total. The van der Waals surface area contributed by atoms with E-state index in [4.69, 9.17) is 28.8 Å². The number of carbonyl (C=O) groups is 6. The van der Waals surface area contributed by atoms with E-state index in [0.29, 0.717) is 32.8 Å². The third-order valence-electron chi connectivity index (χ3n) is 18.4. The highest BCUT2D eigenvalue weighted by Gasteiger charge is 2.19. The average Bonchev–Trinajstić information content (AvgIpc) is 1.93. The number of aliphatic hydroxyl groups is 1. The molecule has 0 aliphatic carbocycles. The van der Waals surface area contributed by atoms with Crippen molar-refractivity contribution in [2.24, 2.45) is 23.7 Å². The molecule has 0 spiro atoms. The number of ether oxygens (including phenoxy) is 5. The van der Waals surface area contributed by atoms with Crippen LogP contribution in [0, 0.1) is 23.7 Å². The molecule has 0 aromatic heterocycles. The molecule has 0 aromatic carbocycles. The molecule has 101 heavy (non-hydrogen) atoms. The van der Waals surface area contributed by atoms with E-state index in [0.717, 1.165) is 206 Å². The number of aliphatic hydroxyl groups excluding tert-OH is 1. The van der Waals surface area contributed by atoms with Crippen molar-refractivity contribution >= 4 is 35.8 Å². The number of unbranched alkanes of at least 4 members (excludes halogenated alkanes) is 28. The van der Waals surface area contributed by atoms with Gasteiger partial charge in [0.1, 0.15) is 32.5 Å². The summed E-state index contributed by atoms with van der Waals surface area (Å²) in [7, 11) is 7.90. The molecule has 0 bridgehead atoms. The molecule has 4 unspecified atom stereocenters. The number of nitrogens with zero attached hydrogens (tertiary/aromatic N) is 2. The first-order valence-corrected chi connectivity index (χ1v) is 41.4. The predicted octanol–water partition coefficient (Wildman–Crippen LogP) is 22.2. The second-order valence-electron chi connectivity index (χ2n) is 29.3. The van der Waals surface area contributed by atoms with Crippen molar-refractivity contribution in [3.8, 4) is 0 Å². The van der Waals surface area contributed by atoms with Gasteiger partial charge in [0.25, 0.3) is 0 Å². The minimum atomic E-state index is -0.711. The van der Waals surface area contributed by atoms with Gasteiger partial charge >= 0.3 is 35.8 Å². The van der Waals surface area contributed by atoms with Crippen molar-refractivity contribution in [3.05, 3.63) is 48.6 Å². The van der Waals surface area contributed by atoms with Gasteiger partial charge in [-0.2, -0.15) is 0 Å². The van der Waals surface area contributed by atoms with Gasteiger partial charge in [0.15, 0.2) is 0 Å². The van der Waals surface area contributed by atoms with Gasteiger partial charge < -0.3 is 43.7 Å². The molecule has 0 aliphatic rings. The first-order chi connectivity index (χ1) is 48.7. The van der Waals surface area contributed by atoms with Crippen LogP contribution >= 0.6 is 0 Å². The average molecular weight is 1430 g/mol. The van der Waals surface area contributed by atoms with Crippen molar-refractivity contribution in [1.82, 2.24) is 9.80 Å². The van der Waals surface area contributed by atoms with Crippen molar-refractivity contribution in [3.63, 3.8) is 0 Å². The van der Waals surface area contributed by atoms with Crippen LogP contribution in [0.1, 0.15) is 364 Å². The van der Waals surface area contributed by atoms with Crippen LogP contribution in [0.2, 0.25) is 0 Å². The summed E-state index contributed by atoms with van der Waals surface area (Å²) in [4.78, 5) is 75.5. The molecular weight excluding hydrogens is 1270 g/mol. The largest absolute Gasteiger partial charge is 0.481 e. The van der Waals surface area contributed by atoms with Crippen LogP contribution in [-0.2, 0) is 52.5 Å². The fourth-order valence-electron chi connectivity index (χ4n) is 11.5. The topological polar surface area (TPSA) is 196 Å². The summed E-state index contributed by atoms with van der Waals surface area (Å²) in [5, 5.41) is 18.5. The van der Waals surface area contributed by atoms with Gasteiger partial charge in [-0.1, -0.05) is 271 Å². The van der Waals surface area contributed by atoms with Gasteiger partial charge in [-0.25, -0.2) is 0 Å². The Labute approximate surface area is 621 Å². The second kappa shape index (κ2) is 78.3. The van der Waals surface area contributed by atoms with Crippen molar-refractivity contribution in [1.29, 1.82) is 0 Å². The number of esters is 5. The third kappa shape index (κ3) is 78.1. The van der Waals surface area contributed by atoms with E-state index in [-0.39, 0.29) is 72.1 Å². The number of carboxylic acids is 1. The number of rotatable bonds is 69. The molecule has 4 atom stereocenters. The van der Waals surface area contributed by atoms with Crippen molar-refractivity contribution in [2.75, 3.05) is 67.7 Å². The molecule has 0 aromatic rings. The number of aliphatic carboxylic acids is 1. The Kier molecular flexibility index (Phi) is 78.1. The second-order valence-corrected chi connectivity index (χ2v) is 29.3. The number of carboxylic acid groups (broad SMARTS) is 1. The molecule has 0 amide bonds. The Hall–Kier alpha value is -4.34. The molecule has 592 valence electrons. The first-order valence-electron chi connectivity index (χ1n) is 41.4. The Morgan fingerprint density at radius 2 is 0.564 bits per heavy atom. The highest BCUT2D eigenvalue weighted by molar-refractivity contribution is 5.73. The highest BCUT2D eigenvalue weighted by atomic mass is 16.6. The lowest BCUT2D eigenvalue weighted by atomic mass is 9.99. The smallest absolute Gasteiger partial charge is 0.308 e. The van der Waals surface area contributed by atoms with Crippen molar-refractivity contribution in [2.45, 2.75) is 376 Å². The summed E-state index contributed by atoms with van der Waals surface area (Å²) in [6.07, 6.45) is 66.5. The van der Waals surface area contributed by atoms with Gasteiger partial charge in [-0.05, 0) is 170 Å². The number of hydrogen-bond acceptors (Lipinski definition) is 14. The minimum absolute atomic E-state index is 0.0379. The van der Waals surface area contributed by atoms with Crippen LogP contribution in [0.5, 0.6) is 0 Å². The molecule has 0 saturated carbocycles. The van der Waals surface area contributed by atoms with Crippen LogP contribution in [0.15, 0.2) is 48.6 Å². The van der Waals surface area contributed by atoms with Gasteiger partial charge in [0, 0.05) is 12.8 Å². The maximum Gasteiger partial charge on any atom is 0.308 e. The van der Waals surface area contributed by atoms with E-state index < -0.39 is 5.97 Å². The Morgan fingerprint density at radius 1 is 0.317 bits per heavy atom. The summed E-state index contributed by atoms with van der Waals surface area (Å²) in [5.74, 6) is -1.44. The van der Waals surface area contributed by atoms with Crippen LogP contribution in [0.4, 0.5) is 0 Å². The summed E-state index contributed by atoms with van der Waals surface area (Å²) >= 11 is 0. The van der Waals surface area contributed by atoms with E-state index in [9.17, 15) is 33.9 Å². The molecule has 0 radical (unpaired) electrons. The lowest BCUT2D eigenvalue weighted by Crippen LogP contribution is -2.20. The van der Waals surface area contributed by atoms with E-state index in [1.165, 1.54) is 103 Å². The Bertz CT molecular complexity index is 1890. The number of allylic oxidation sites excluding steroid dienone is 4. The monoisotopic (exact) mass is 1430 g/mol. The van der Waals surface area contributed by atoms with Gasteiger partial charge in [-0.3, -0.25) is 28.8 Å². The quantitative estimate of drug-likeness (QED) is 0.0252. The summed E-state index contributed by atoms with van der Waals surface area (Å²) in [5.41, 5.74) is 0. The Balaban J connectivity index is -0.00000171. The van der Waals surface area contributed by atoms with E-state index in [1.807, 2.05) is 85.1 Å². The maximum atomic E-state index is 12.6. The van der Waals surface area contributed by atoms with Crippen LogP contribution in [0.25, 0.3) is 0 Å². The van der Waals surface area contributed by atoms with Gasteiger partial charge in [-0.15, -0.1) is 0 Å². The summed E-state index contributed by atoms with van der Waals surface area (Å²) < 4.78 is 27.6. The summed E-state index contributed by atoms with van der Waals surface area (Å²) in [6, 6.07) is 0. The fourth-order valence-corrected chi connectivity index (χ4v) is 11.5. The zero-order chi connectivity index (χ0) is 75.5. The lowest BCUT2D eigenvalue weighted by molar-refractivity contribution is -0.150. The number of hydrogen-bond donors (Lipinski definition) is 2. The normalized spacial score (nSPS) is 13.4. The van der Waals surface area contributed by atoms with Crippen LogP contribution in [-0.4, -0.2) is 136 Å². The molecule has 0 heterocycles.